The molecule has 0 aromatic carbocycles. The van der Waals surface area contributed by atoms with Gasteiger partial charge in [0.15, 0.2) is 0 Å². The van der Waals surface area contributed by atoms with E-state index in [-0.39, 0.29) is 18.6 Å². The van der Waals surface area contributed by atoms with Gasteiger partial charge in [0.2, 0.25) is 5.91 Å². The lowest BCUT2D eigenvalue weighted by atomic mass is 10.1. The van der Waals surface area contributed by atoms with E-state index in [1.807, 2.05) is 6.08 Å². The first kappa shape index (κ1) is 13.9. The van der Waals surface area contributed by atoms with Gasteiger partial charge in [-0.25, -0.2) is 0 Å². The third-order valence-corrected chi connectivity index (χ3v) is 3.28. The largest absolute Gasteiger partial charge is 0.356 e. The van der Waals surface area contributed by atoms with Crippen LogP contribution in [-0.2, 0) is 9.53 Å². The lowest BCUT2D eigenvalue weighted by Crippen LogP contribution is -2.30. The van der Waals surface area contributed by atoms with Crippen LogP contribution in [0.2, 0.25) is 0 Å². The van der Waals surface area contributed by atoms with Crippen molar-refractivity contribution in [2.75, 3.05) is 13.2 Å². The van der Waals surface area contributed by atoms with Crippen LogP contribution in [0.25, 0.3) is 0 Å². The van der Waals surface area contributed by atoms with Crippen molar-refractivity contribution in [3.05, 3.63) is 23.8 Å². The monoisotopic (exact) mass is 259 g/mol. The molecule has 102 valence electrons. The molecule has 0 aromatic heterocycles. The molecule has 1 unspecified atom stereocenters. The van der Waals surface area contributed by atoms with Crippen LogP contribution in [0.4, 0.5) is 0 Å². The fourth-order valence-electron chi connectivity index (χ4n) is 2.17. The summed E-state index contributed by atoms with van der Waals surface area (Å²) in [6.07, 6.45) is 12.6. The van der Waals surface area contributed by atoms with E-state index in [9.17, 15) is 4.79 Å². The van der Waals surface area contributed by atoms with E-state index < -0.39 is 0 Å². The van der Waals surface area contributed by atoms with Gasteiger partial charge in [0, 0.05) is 13.0 Å². The molecule has 0 saturated heterocycles. The molecular formula is C16H21NO2. The summed E-state index contributed by atoms with van der Waals surface area (Å²) in [5.41, 5.74) is 1.17. The van der Waals surface area contributed by atoms with Crippen molar-refractivity contribution < 1.29 is 9.53 Å². The summed E-state index contributed by atoms with van der Waals surface area (Å²) < 4.78 is 5.57. The fraction of sp³-hybridized carbons (Fsp3) is 0.562. The van der Waals surface area contributed by atoms with Crippen molar-refractivity contribution >= 4 is 5.91 Å². The molecule has 0 bridgehead atoms. The van der Waals surface area contributed by atoms with Crippen LogP contribution in [0.3, 0.4) is 0 Å². The van der Waals surface area contributed by atoms with Crippen LogP contribution >= 0.6 is 0 Å². The Balaban J connectivity index is 1.65. The quantitative estimate of drug-likeness (QED) is 0.770. The average Bonchev–Trinajstić information content (AvgIpc) is 2.88. The van der Waals surface area contributed by atoms with Gasteiger partial charge in [0.25, 0.3) is 0 Å². The summed E-state index contributed by atoms with van der Waals surface area (Å²) in [7, 11) is 0. The second kappa shape index (κ2) is 7.81. The molecule has 1 amide bonds. The van der Waals surface area contributed by atoms with Crippen LogP contribution in [0.1, 0.15) is 38.5 Å². The molecule has 0 aromatic rings. The minimum atomic E-state index is -0.0726. The summed E-state index contributed by atoms with van der Waals surface area (Å²) in [6, 6.07) is 0. The first-order chi connectivity index (χ1) is 9.34. The lowest BCUT2D eigenvalue weighted by Gasteiger charge is -2.13. The van der Waals surface area contributed by atoms with E-state index in [4.69, 9.17) is 4.74 Å². The highest BCUT2D eigenvalue weighted by Gasteiger charge is 2.10. The standard InChI is InChI=1S/C16H21NO2/c18-16(17-12-14-8-6-7-9-14)13-19-15-10-4-2-1-3-5-11-15/h6,8-9,15H,1-4,7,10,12-13H2,(H,17,18). The third-order valence-electron chi connectivity index (χ3n) is 3.28. The summed E-state index contributed by atoms with van der Waals surface area (Å²) >= 11 is 0. The van der Waals surface area contributed by atoms with Crippen molar-refractivity contribution in [3.63, 3.8) is 0 Å². The zero-order valence-corrected chi connectivity index (χ0v) is 11.3. The number of rotatable bonds is 5. The van der Waals surface area contributed by atoms with E-state index in [0.717, 1.165) is 25.7 Å². The number of carbonyl (C=O) groups excluding carboxylic acids is 1. The van der Waals surface area contributed by atoms with Gasteiger partial charge in [-0.3, -0.25) is 4.79 Å². The zero-order valence-electron chi connectivity index (χ0n) is 11.3. The van der Waals surface area contributed by atoms with Crippen molar-refractivity contribution in [2.24, 2.45) is 0 Å². The molecule has 2 aliphatic rings. The van der Waals surface area contributed by atoms with Gasteiger partial charge in [0.05, 0.1) is 0 Å². The summed E-state index contributed by atoms with van der Waals surface area (Å²) in [6.45, 7) is 0.700. The van der Waals surface area contributed by atoms with Gasteiger partial charge in [-0.15, -0.1) is 5.92 Å². The Morgan fingerprint density at radius 3 is 3.21 bits per heavy atom. The second-order valence-corrected chi connectivity index (χ2v) is 4.91. The van der Waals surface area contributed by atoms with Crippen LogP contribution in [-0.4, -0.2) is 25.2 Å². The molecule has 0 saturated carbocycles. The predicted octanol–water partition coefficient (Wildman–Crippen LogP) is 2.34. The topological polar surface area (TPSA) is 38.3 Å². The molecule has 0 aliphatic heterocycles. The minimum absolute atomic E-state index is 0.0648. The van der Waals surface area contributed by atoms with E-state index >= 15 is 0 Å². The van der Waals surface area contributed by atoms with Crippen molar-refractivity contribution in [1.29, 1.82) is 0 Å². The summed E-state index contributed by atoms with van der Waals surface area (Å²) in [5.74, 6) is 6.15. The maximum Gasteiger partial charge on any atom is 0.246 e. The summed E-state index contributed by atoms with van der Waals surface area (Å²) in [5, 5.41) is 2.86. The average molecular weight is 259 g/mol. The number of nitrogens with one attached hydrogen (secondary N) is 1. The van der Waals surface area contributed by atoms with E-state index in [1.165, 1.54) is 18.4 Å². The van der Waals surface area contributed by atoms with Gasteiger partial charge in [-0.1, -0.05) is 30.6 Å². The number of carbonyl (C=O) groups is 1. The smallest absolute Gasteiger partial charge is 0.246 e. The molecule has 0 spiro atoms. The van der Waals surface area contributed by atoms with Crippen LogP contribution < -0.4 is 5.32 Å². The van der Waals surface area contributed by atoms with Crippen LogP contribution in [0.15, 0.2) is 23.8 Å². The number of ether oxygens (including phenoxy) is 1. The first-order valence-corrected chi connectivity index (χ1v) is 7.07. The van der Waals surface area contributed by atoms with Gasteiger partial charge in [-0.2, -0.15) is 0 Å². The highest BCUT2D eigenvalue weighted by atomic mass is 16.5. The Morgan fingerprint density at radius 1 is 1.42 bits per heavy atom. The molecule has 3 nitrogen and oxygen atoms in total. The number of amides is 1. The SMILES string of the molecule is O=C(COC1C#CCCCCC1)NCC1=CCC=C1. The normalized spacial score (nSPS) is 21.9. The Kier molecular flexibility index (Phi) is 5.71. The molecule has 2 aliphatic carbocycles. The Hall–Kier alpha value is -1.53. The number of hydrogen-bond acceptors (Lipinski definition) is 2. The predicted molar refractivity (Wildman–Crippen MR) is 75.5 cm³/mol. The van der Waals surface area contributed by atoms with Crippen molar-refractivity contribution in [2.45, 2.75) is 44.6 Å². The van der Waals surface area contributed by atoms with Crippen LogP contribution in [0, 0.1) is 11.8 Å². The number of hydrogen-bond donors (Lipinski definition) is 1. The number of allylic oxidation sites excluding steroid dienone is 2. The molecule has 0 fully saturated rings. The lowest BCUT2D eigenvalue weighted by molar-refractivity contribution is -0.126. The molecular weight excluding hydrogens is 238 g/mol. The van der Waals surface area contributed by atoms with Gasteiger partial charge < -0.3 is 10.1 Å². The fourth-order valence-corrected chi connectivity index (χ4v) is 2.17. The van der Waals surface area contributed by atoms with Gasteiger partial charge in [0.1, 0.15) is 12.7 Å². The molecule has 2 rings (SSSR count). The highest BCUT2D eigenvalue weighted by Crippen LogP contribution is 2.10. The highest BCUT2D eigenvalue weighted by molar-refractivity contribution is 5.77. The van der Waals surface area contributed by atoms with E-state index in [1.54, 1.807) is 0 Å². The molecule has 1 atom stereocenters. The van der Waals surface area contributed by atoms with Crippen molar-refractivity contribution in [1.82, 2.24) is 5.32 Å². The van der Waals surface area contributed by atoms with Crippen molar-refractivity contribution in [3.8, 4) is 11.8 Å². The Bertz CT molecular complexity index is 426. The molecule has 19 heavy (non-hydrogen) atoms. The van der Waals surface area contributed by atoms with E-state index in [0.29, 0.717) is 6.54 Å². The molecule has 3 heteroatoms. The van der Waals surface area contributed by atoms with Gasteiger partial charge >= 0.3 is 0 Å². The maximum atomic E-state index is 11.7. The third kappa shape index (κ3) is 5.32. The van der Waals surface area contributed by atoms with Crippen LogP contribution in [0.5, 0.6) is 0 Å². The minimum Gasteiger partial charge on any atom is -0.356 e. The molecule has 1 N–H and O–H groups in total. The zero-order chi connectivity index (χ0) is 13.3. The molecule has 0 heterocycles. The maximum absolute atomic E-state index is 11.7. The Morgan fingerprint density at radius 2 is 2.37 bits per heavy atom. The summed E-state index contributed by atoms with van der Waals surface area (Å²) in [4.78, 5) is 11.7. The second-order valence-electron chi connectivity index (χ2n) is 4.91. The van der Waals surface area contributed by atoms with E-state index in [2.05, 4.69) is 29.3 Å². The van der Waals surface area contributed by atoms with Gasteiger partial charge in [-0.05, 0) is 31.3 Å². The molecule has 0 radical (unpaired) electrons. The first-order valence-electron chi connectivity index (χ1n) is 7.07. The Labute approximate surface area is 115 Å².